The van der Waals surface area contributed by atoms with Crippen molar-refractivity contribution in [1.29, 1.82) is 0 Å². The van der Waals surface area contributed by atoms with Crippen molar-refractivity contribution in [1.82, 2.24) is 20.1 Å². The number of carbonyl (C=O) groups excluding carboxylic acids is 1. The smallest absolute Gasteiger partial charge is 0.387 e. The molecule has 1 aromatic carbocycles. The number of benzene rings is 1. The Labute approximate surface area is 136 Å². The Hall–Kier alpha value is -2.29. The minimum absolute atomic E-state index is 0.0580. The molecule has 1 heterocycles. The van der Waals surface area contributed by atoms with Gasteiger partial charge in [0.05, 0.1) is 13.0 Å². The van der Waals surface area contributed by atoms with Gasteiger partial charge in [-0.2, -0.15) is 13.9 Å². The van der Waals surface area contributed by atoms with Gasteiger partial charge >= 0.3 is 6.61 Å². The van der Waals surface area contributed by atoms with Crippen LogP contribution in [0.1, 0.15) is 18.3 Å². The third kappa shape index (κ3) is 4.85. The first-order chi connectivity index (χ1) is 11.0. The van der Waals surface area contributed by atoms with E-state index in [0.29, 0.717) is 22.7 Å². The highest BCUT2D eigenvalue weighted by Gasteiger charge is 2.09. The lowest BCUT2D eigenvalue weighted by Crippen LogP contribution is -2.26. The first-order valence-electron chi connectivity index (χ1n) is 6.94. The van der Waals surface area contributed by atoms with Gasteiger partial charge in [0, 0.05) is 6.54 Å². The molecule has 2 N–H and O–H groups in total. The van der Waals surface area contributed by atoms with Crippen molar-refractivity contribution in [2.24, 2.45) is 0 Å². The van der Waals surface area contributed by atoms with Crippen LogP contribution in [-0.4, -0.2) is 27.3 Å². The Kier molecular flexibility index (Phi) is 5.80. The minimum atomic E-state index is -2.86. The second-order valence-corrected chi connectivity index (χ2v) is 5.05. The molecule has 0 fully saturated rings. The molecule has 0 unspecified atom stereocenters. The fraction of sp³-hybridized carbons (Fsp3) is 0.357. The Morgan fingerprint density at radius 3 is 2.74 bits per heavy atom. The normalized spacial score (nSPS) is 10.8. The molecule has 0 saturated carbocycles. The molecule has 0 aliphatic heterocycles. The Morgan fingerprint density at radius 2 is 2.13 bits per heavy atom. The maximum absolute atomic E-state index is 12.1. The van der Waals surface area contributed by atoms with Gasteiger partial charge in [-0.15, -0.1) is 0 Å². The molecule has 0 bridgehead atoms. The van der Waals surface area contributed by atoms with Crippen LogP contribution in [-0.2, 0) is 24.3 Å². The summed E-state index contributed by atoms with van der Waals surface area (Å²) in [7, 11) is 0. The van der Waals surface area contributed by atoms with Gasteiger partial charge in [0.2, 0.25) is 5.91 Å². The molecule has 1 aromatic heterocycles. The summed E-state index contributed by atoms with van der Waals surface area (Å²) in [6.45, 7) is -0.0180. The molecule has 0 aliphatic carbocycles. The van der Waals surface area contributed by atoms with Gasteiger partial charge in [0.15, 0.2) is 10.6 Å². The number of rotatable bonds is 7. The summed E-state index contributed by atoms with van der Waals surface area (Å²) in [5.41, 5.74) is 0.693. The van der Waals surface area contributed by atoms with E-state index in [1.807, 2.05) is 6.92 Å². The zero-order chi connectivity index (χ0) is 16.8. The molecule has 23 heavy (non-hydrogen) atoms. The van der Waals surface area contributed by atoms with Gasteiger partial charge in [-0.25, -0.2) is 0 Å². The number of hydrogen-bond acceptors (Lipinski definition) is 4. The van der Waals surface area contributed by atoms with E-state index in [-0.39, 0.29) is 24.6 Å². The first kappa shape index (κ1) is 17.1. The molecule has 0 atom stereocenters. The van der Waals surface area contributed by atoms with Gasteiger partial charge in [0.1, 0.15) is 5.75 Å². The lowest BCUT2D eigenvalue weighted by atomic mass is 10.1. The molecule has 0 saturated heterocycles. The highest BCUT2D eigenvalue weighted by atomic mass is 32.1. The predicted molar refractivity (Wildman–Crippen MR) is 81.7 cm³/mol. The minimum Gasteiger partial charge on any atom is -0.435 e. The van der Waals surface area contributed by atoms with E-state index in [1.165, 1.54) is 12.1 Å². The zero-order valence-electron chi connectivity index (χ0n) is 12.4. The standard InChI is InChI=1S/C14H16F2N4O2S/c1-2-20-11(18-19-14(20)23)8-17-12(21)7-9-3-5-10(6-4-9)22-13(15)16/h3-6,13H,2,7-8H2,1H3,(H,17,21)(H,19,23). The van der Waals surface area contributed by atoms with Crippen molar-refractivity contribution in [3.8, 4) is 5.75 Å². The number of alkyl halides is 2. The van der Waals surface area contributed by atoms with Gasteiger partial charge < -0.3 is 14.6 Å². The number of amides is 1. The quantitative estimate of drug-likeness (QED) is 0.758. The van der Waals surface area contributed by atoms with E-state index >= 15 is 0 Å². The van der Waals surface area contributed by atoms with Gasteiger partial charge in [-0.1, -0.05) is 12.1 Å². The number of nitrogens with zero attached hydrogens (tertiary/aromatic N) is 2. The molecular weight excluding hydrogens is 326 g/mol. The summed E-state index contributed by atoms with van der Waals surface area (Å²) in [6.07, 6.45) is 0.131. The van der Waals surface area contributed by atoms with Crippen LogP contribution in [0.5, 0.6) is 5.75 Å². The van der Waals surface area contributed by atoms with Crippen molar-refractivity contribution in [3.63, 3.8) is 0 Å². The zero-order valence-corrected chi connectivity index (χ0v) is 13.2. The number of aromatic nitrogens is 3. The van der Waals surface area contributed by atoms with Crippen molar-refractivity contribution in [2.45, 2.75) is 33.0 Å². The molecule has 2 rings (SSSR count). The molecule has 1 amide bonds. The fourth-order valence-electron chi connectivity index (χ4n) is 2.03. The molecule has 124 valence electrons. The number of halogens is 2. The van der Waals surface area contributed by atoms with Crippen molar-refractivity contribution in [2.75, 3.05) is 0 Å². The maximum Gasteiger partial charge on any atom is 0.387 e. The third-order valence-electron chi connectivity index (χ3n) is 3.11. The number of carbonyl (C=O) groups is 1. The van der Waals surface area contributed by atoms with Gasteiger partial charge in [0.25, 0.3) is 0 Å². The van der Waals surface area contributed by atoms with Crippen molar-refractivity contribution < 1.29 is 18.3 Å². The van der Waals surface area contributed by atoms with Crippen LogP contribution < -0.4 is 10.1 Å². The summed E-state index contributed by atoms with van der Waals surface area (Å²) < 4.78 is 30.6. The van der Waals surface area contributed by atoms with Crippen LogP contribution in [0, 0.1) is 4.77 Å². The van der Waals surface area contributed by atoms with E-state index in [9.17, 15) is 13.6 Å². The first-order valence-corrected chi connectivity index (χ1v) is 7.35. The predicted octanol–water partition coefficient (Wildman–Crippen LogP) is 2.42. The lowest BCUT2D eigenvalue weighted by molar-refractivity contribution is -0.120. The van der Waals surface area contributed by atoms with E-state index in [0.717, 1.165) is 0 Å². The average molecular weight is 342 g/mol. The van der Waals surface area contributed by atoms with Crippen LogP contribution >= 0.6 is 12.2 Å². The van der Waals surface area contributed by atoms with Crippen LogP contribution in [0.4, 0.5) is 8.78 Å². The topological polar surface area (TPSA) is 71.9 Å². The van der Waals surface area contributed by atoms with Crippen LogP contribution in [0.25, 0.3) is 0 Å². The maximum atomic E-state index is 12.1. The van der Waals surface area contributed by atoms with Crippen LogP contribution in [0.15, 0.2) is 24.3 Å². The SMILES string of the molecule is CCn1c(CNC(=O)Cc2ccc(OC(F)F)cc2)n[nH]c1=S. The molecular formula is C14H16F2N4O2S. The molecule has 6 nitrogen and oxygen atoms in total. The summed E-state index contributed by atoms with van der Waals surface area (Å²) in [5, 5.41) is 9.46. The number of H-pyrrole nitrogens is 1. The summed E-state index contributed by atoms with van der Waals surface area (Å²) in [6, 6.07) is 5.94. The highest BCUT2D eigenvalue weighted by Crippen LogP contribution is 2.15. The second kappa shape index (κ2) is 7.82. The third-order valence-corrected chi connectivity index (χ3v) is 3.42. The Morgan fingerprint density at radius 1 is 1.43 bits per heavy atom. The largest absolute Gasteiger partial charge is 0.435 e. The average Bonchev–Trinajstić information content (AvgIpc) is 2.86. The summed E-state index contributed by atoms with van der Waals surface area (Å²) >= 11 is 5.07. The molecule has 0 radical (unpaired) electrons. The molecule has 2 aromatic rings. The number of ether oxygens (including phenoxy) is 1. The number of aromatic amines is 1. The van der Waals surface area contributed by atoms with Crippen molar-refractivity contribution in [3.05, 3.63) is 40.4 Å². The Balaban J connectivity index is 1.88. The van der Waals surface area contributed by atoms with E-state index in [1.54, 1.807) is 16.7 Å². The van der Waals surface area contributed by atoms with Crippen LogP contribution in [0.3, 0.4) is 0 Å². The summed E-state index contributed by atoms with van der Waals surface area (Å²) in [5.74, 6) is 0.498. The molecule has 9 heteroatoms. The van der Waals surface area contributed by atoms with E-state index < -0.39 is 6.61 Å². The Bertz CT molecular complexity index is 712. The van der Waals surface area contributed by atoms with E-state index in [2.05, 4.69) is 20.3 Å². The second-order valence-electron chi connectivity index (χ2n) is 4.67. The molecule has 0 aliphatic rings. The number of nitrogens with one attached hydrogen (secondary N) is 2. The fourth-order valence-corrected chi connectivity index (χ4v) is 2.31. The van der Waals surface area contributed by atoms with Crippen molar-refractivity contribution >= 4 is 18.1 Å². The monoisotopic (exact) mass is 342 g/mol. The molecule has 0 spiro atoms. The van der Waals surface area contributed by atoms with E-state index in [4.69, 9.17) is 12.2 Å². The van der Waals surface area contributed by atoms with Gasteiger partial charge in [-0.3, -0.25) is 9.89 Å². The number of hydrogen-bond donors (Lipinski definition) is 2. The summed E-state index contributed by atoms with van der Waals surface area (Å²) in [4.78, 5) is 11.9. The van der Waals surface area contributed by atoms with Crippen LogP contribution in [0.2, 0.25) is 0 Å². The van der Waals surface area contributed by atoms with Gasteiger partial charge in [-0.05, 0) is 36.8 Å². The lowest BCUT2D eigenvalue weighted by Gasteiger charge is -2.07. The highest BCUT2D eigenvalue weighted by molar-refractivity contribution is 7.71.